The summed E-state index contributed by atoms with van der Waals surface area (Å²) in [4.78, 5) is 12.3. The summed E-state index contributed by atoms with van der Waals surface area (Å²) >= 11 is 0. The van der Waals surface area contributed by atoms with Crippen LogP contribution in [0.3, 0.4) is 0 Å². The SMILES string of the molecule is Cc1c(OC(c2ccc(C#N)cc2)c2ccc(S(C)(=O)=O)cc2)c(F)cc2c1OCCC2=O. The number of hydrogen-bond acceptors (Lipinski definition) is 6. The van der Waals surface area contributed by atoms with Gasteiger partial charge in [-0.3, -0.25) is 4.79 Å². The molecule has 0 fully saturated rings. The largest absolute Gasteiger partial charge is 0.492 e. The van der Waals surface area contributed by atoms with Gasteiger partial charge in [-0.05, 0) is 48.4 Å². The lowest BCUT2D eigenvalue weighted by Gasteiger charge is -2.25. The normalized spacial score (nSPS) is 14.1. The molecule has 1 heterocycles. The van der Waals surface area contributed by atoms with E-state index in [0.717, 1.165) is 12.3 Å². The van der Waals surface area contributed by atoms with Crippen LogP contribution in [-0.4, -0.2) is 27.1 Å². The Hall–Kier alpha value is -3.70. The molecule has 0 saturated heterocycles. The van der Waals surface area contributed by atoms with Gasteiger partial charge in [-0.15, -0.1) is 0 Å². The molecule has 6 nitrogen and oxygen atoms in total. The Labute approximate surface area is 191 Å². The molecular formula is C25H20FNO5S. The van der Waals surface area contributed by atoms with Crippen LogP contribution in [0.2, 0.25) is 0 Å². The summed E-state index contributed by atoms with van der Waals surface area (Å²) in [5.41, 5.74) is 2.23. The van der Waals surface area contributed by atoms with E-state index in [9.17, 15) is 13.2 Å². The monoisotopic (exact) mass is 465 g/mol. The highest BCUT2D eigenvalue weighted by molar-refractivity contribution is 7.90. The van der Waals surface area contributed by atoms with Crippen molar-refractivity contribution in [1.82, 2.24) is 0 Å². The molecule has 8 heteroatoms. The maximum absolute atomic E-state index is 15.1. The molecule has 0 amide bonds. The molecule has 3 aromatic carbocycles. The van der Waals surface area contributed by atoms with Crippen LogP contribution in [0.4, 0.5) is 4.39 Å². The van der Waals surface area contributed by atoms with E-state index in [-0.39, 0.29) is 35.0 Å². The summed E-state index contributed by atoms with van der Waals surface area (Å²) in [5, 5.41) is 9.10. The molecule has 0 saturated carbocycles. The first-order valence-corrected chi connectivity index (χ1v) is 12.0. The average molecular weight is 466 g/mol. The molecule has 0 N–H and O–H groups in total. The molecule has 0 radical (unpaired) electrons. The van der Waals surface area contributed by atoms with Crippen molar-refractivity contribution in [2.24, 2.45) is 0 Å². The Morgan fingerprint density at radius 2 is 1.70 bits per heavy atom. The molecule has 3 aromatic rings. The molecule has 33 heavy (non-hydrogen) atoms. The minimum absolute atomic E-state index is 0.0648. The number of halogens is 1. The second-order valence-electron chi connectivity index (χ2n) is 7.78. The lowest BCUT2D eigenvalue weighted by atomic mass is 9.98. The number of ether oxygens (including phenoxy) is 2. The quantitative estimate of drug-likeness (QED) is 0.549. The van der Waals surface area contributed by atoms with Gasteiger partial charge in [0.25, 0.3) is 0 Å². The van der Waals surface area contributed by atoms with Crippen LogP contribution in [0.15, 0.2) is 59.5 Å². The minimum atomic E-state index is -3.39. The lowest BCUT2D eigenvalue weighted by molar-refractivity contribution is 0.0931. The van der Waals surface area contributed by atoms with Gasteiger partial charge in [-0.1, -0.05) is 24.3 Å². The van der Waals surface area contributed by atoms with Crippen molar-refractivity contribution in [1.29, 1.82) is 5.26 Å². The van der Waals surface area contributed by atoms with Gasteiger partial charge >= 0.3 is 0 Å². The van der Waals surface area contributed by atoms with Crippen LogP contribution in [0, 0.1) is 24.1 Å². The predicted molar refractivity (Wildman–Crippen MR) is 119 cm³/mol. The van der Waals surface area contributed by atoms with Crippen molar-refractivity contribution in [2.75, 3.05) is 12.9 Å². The van der Waals surface area contributed by atoms with Crippen molar-refractivity contribution in [3.8, 4) is 17.6 Å². The maximum atomic E-state index is 15.1. The Kier molecular flexibility index (Phi) is 5.91. The number of benzene rings is 3. The third kappa shape index (κ3) is 4.45. The fraction of sp³-hybridized carbons (Fsp3) is 0.200. The maximum Gasteiger partial charge on any atom is 0.175 e. The Morgan fingerprint density at radius 3 is 2.27 bits per heavy atom. The number of carbonyl (C=O) groups is 1. The molecular weight excluding hydrogens is 445 g/mol. The third-order valence-electron chi connectivity index (χ3n) is 5.48. The number of hydrogen-bond donors (Lipinski definition) is 0. The van der Waals surface area contributed by atoms with Gasteiger partial charge < -0.3 is 9.47 Å². The van der Waals surface area contributed by atoms with Crippen molar-refractivity contribution in [3.05, 3.63) is 88.2 Å². The summed E-state index contributed by atoms with van der Waals surface area (Å²) in [7, 11) is -3.39. The highest BCUT2D eigenvalue weighted by Crippen LogP contribution is 2.40. The Bertz CT molecular complexity index is 1370. The van der Waals surface area contributed by atoms with Crippen molar-refractivity contribution in [3.63, 3.8) is 0 Å². The van der Waals surface area contributed by atoms with Gasteiger partial charge in [0.15, 0.2) is 27.2 Å². The van der Waals surface area contributed by atoms with E-state index in [0.29, 0.717) is 28.0 Å². The van der Waals surface area contributed by atoms with Gasteiger partial charge in [0.05, 0.1) is 28.7 Å². The summed E-state index contributed by atoms with van der Waals surface area (Å²) in [6.45, 7) is 1.84. The standard InChI is InChI=1S/C25H20FNO5S/c1-15-23-20(22(28)11-12-31-23)13-21(26)24(15)32-25(17-5-3-16(14-27)4-6-17)18-7-9-19(10-8-18)33(2,29)30/h3-10,13,25H,11-12H2,1-2H3. The zero-order chi connectivity index (χ0) is 23.8. The number of nitriles is 1. The summed E-state index contributed by atoms with van der Waals surface area (Å²) in [5.74, 6) is -0.653. The first kappa shape index (κ1) is 22.5. The fourth-order valence-corrected chi connectivity index (χ4v) is 4.36. The Morgan fingerprint density at radius 1 is 1.09 bits per heavy atom. The molecule has 1 unspecified atom stereocenters. The number of fused-ring (bicyclic) bond motifs is 1. The second-order valence-corrected chi connectivity index (χ2v) is 9.80. The highest BCUT2D eigenvalue weighted by Gasteiger charge is 2.28. The summed E-state index contributed by atoms with van der Waals surface area (Å²) < 4.78 is 50.6. The van der Waals surface area contributed by atoms with Crippen molar-refractivity contribution in [2.45, 2.75) is 24.3 Å². The molecule has 0 spiro atoms. The van der Waals surface area contributed by atoms with E-state index < -0.39 is 21.8 Å². The number of carbonyl (C=O) groups excluding carboxylic acids is 1. The van der Waals surface area contributed by atoms with E-state index in [1.165, 1.54) is 12.1 Å². The van der Waals surface area contributed by atoms with Crippen LogP contribution in [-0.2, 0) is 9.84 Å². The first-order chi connectivity index (χ1) is 15.7. The van der Waals surface area contributed by atoms with Gasteiger partial charge in [-0.25, -0.2) is 12.8 Å². The van der Waals surface area contributed by atoms with Crippen molar-refractivity contribution >= 4 is 15.6 Å². The first-order valence-electron chi connectivity index (χ1n) is 10.1. The summed E-state index contributed by atoms with van der Waals surface area (Å²) in [6.07, 6.45) is 0.494. The zero-order valence-electron chi connectivity index (χ0n) is 18.0. The number of nitrogens with zero attached hydrogens (tertiary/aromatic N) is 1. The van der Waals surface area contributed by atoms with Gasteiger partial charge in [0.1, 0.15) is 11.9 Å². The summed E-state index contributed by atoms with van der Waals surface area (Å²) in [6, 6.07) is 15.9. The smallest absolute Gasteiger partial charge is 0.175 e. The van der Waals surface area contributed by atoms with Crippen LogP contribution < -0.4 is 9.47 Å². The molecule has 4 rings (SSSR count). The number of ketones is 1. The van der Waals surface area contributed by atoms with E-state index >= 15 is 4.39 Å². The topological polar surface area (TPSA) is 93.5 Å². The fourth-order valence-electron chi connectivity index (χ4n) is 3.73. The van der Waals surface area contributed by atoms with Crippen LogP contribution >= 0.6 is 0 Å². The lowest BCUT2D eigenvalue weighted by Crippen LogP contribution is -2.18. The third-order valence-corrected chi connectivity index (χ3v) is 6.61. The molecule has 0 aromatic heterocycles. The Balaban J connectivity index is 1.81. The minimum Gasteiger partial charge on any atom is -0.492 e. The second kappa shape index (κ2) is 8.68. The van der Waals surface area contributed by atoms with E-state index in [1.807, 2.05) is 6.07 Å². The molecule has 168 valence electrons. The van der Waals surface area contributed by atoms with Crippen LogP contribution in [0.1, 0.15) is 45.1 Å². The van der Waals surface area contributed by atoms with Gasteiger partial charge in [0, 0.05) is 18.2 Å². The predicted octanol–water partition coefficient (Wildman–Crippen LogP) is 4.54. The molecule has 0 bridgehead atoms. The van der Waals surface area contributed by atoms with E-state index in [1.54, 1.807) is 43.3 Å². The van der Waals surface area contributed by atoms with Crippen molar-refractivity contribution < 1.29 is 27.1 Å². The zero-order valence-corrected chi connectivity index (χ0v) is 18.8. The molecule has 1 atom stereocenters. The average Bonchev–Trinajstić information content (AvgIpc) is 2.80. The van der Waals surface area contributed by atoms with E-state index in [2.05, 4.69) is 0 Å². The molecule has 1 aliphatic heterocycles. The highest BCUT2D eigenvalue weighted by atomic mass is 32.2. The number of rotatable bonds is 5. The molecule has 1 aliphatic rings. The number of sulfone groups is 1. The number of Topliss-reactive ketones (excluding diaryl/α,β-unsaturated/α-hetero) is 1. The van der Waals surface area contributed by atoms with Crippen LogP contribution in [0.25, 0.3) is 0 Å². The molecule has 0 aliphatic carbocycles. The van der Waals surface area contributed by atoms with Gasteiger partial charge in [-0.2, -0.15) is 5.26 Å². The van der Waals surface area contributed by atoms with E-state index in [4.69, 9.17) is 14.7 Å². The van der Waals surface area contributed by atoms with Gasteiger partial charge in [0.2, 0.25) is 0 Å². The van der Waals surface area contributed by atoms with Crippen LogP contribution in [0.5, 0.6) is 11.5 Å².